The fraction of sp³-hybridized carbons (Fsp3) is 0.200. The molecule has 4 rings (SSSR count). The van der Waals surface area contributed by atoms with Crippen molar-refractivity contribution in [2.75, 3.05) is 0 Å². The first-order valence-electron chi connectivity index (χ1n) is 12.3. The van der Waals surface area contributed by atoms with Crippen LogP contribution in [0.2, 0.25) is 0 Å². The molecule has 0 spiro atoms. The molecule has 0 unspecified atom stereocenters. The highest BCUT2D eigenvalue weighted by Gasteiger charge is 2.73. The van der Waals surface area contributed by atoms with Crippen LogP contribution in [0.5, 0.6) is 11.5 Å². The van der Waals surface area contributed by atoms with Gasteiger partial charge in [-0.25, -0.2) is 0 Å². The third kappa shape index (κ3) is 6.22. The summed E-state index contributed by atoms with van der Waals surface area (Å²) in [4.78, 5) is 0. The number of hydrogen-bond acceptors (Lipinski definition) is 1. The molecule has 1 nitrogen and oxygen atoms in total. The Hall–Kier alpha value is -2.70. The predicted molar refractivity (Wildman–Crippen MR) is 157 cm³/mol. The van der Waals surface area contributed by atoms with E-state index in [9.17, 15) is 52.7 Å². The van der Waals surface area contributed by atoms with Crippen LogP contribution < -0.4 is 4.74 Å². The van der Waals surface area contributed by atoms with Gasteiger partial charge in [-0.05, 0) is 118 Å². The Balaban J connectivity index is 1.52. The molecule has 4 aromatic carbocycles. The maximum atomic E-state index is 14.8. The highest BCUT2D eigenvalue weighted by Crippen LogP contribution is 2.57. The van der Waals surface area contributed by atoms with Gasteiger partial charge in [-0.1, -0.05) is 24.3 Å². The van der Waals surface area contributed by atoms with Crippen molar-refractivity contribution in [3.8, 4) is 11.5 Å². The van der Waals surface area contributed by atoms with Gasteiger partial charge in [-0.3, -0.25) is 0 Å². The summed E-state index contributed by atoms with van der Waals surface area (Å²) < 4.78 is 182. The van der Waals surface area contributed by atoms with Gasteiger partial charge in [0.25, 0.3) is 0 Å². The highest BCUT2D eigenvalue weighted by molar-refractivity contribution is 14.1. The van der Waals surface area contributed by atoms with Crippen molar-refractivity contribution < 1.29 is 57.4 Å². The minimum Gasteiger partial charge on any atom is -0.457 e. The second-order valence-corrected chi connectivity index (χ2v) is 12.1. The van der Waals surface area contributed by atoms with Gasteiger partial charge in [0.15, 0.2) is 0 Å². The number of hydrogen-bond donors (Lipinski definition) is 0. The summed E-state index contributed by atoms with van der Waals surface area (Å²) in [5, 5.41) is 0. The Kier molecular flexibility index (Phi) is 9.49. The molecule has 0 aromatic heterocycles. The Bertz CT molecular complexity index is 1500. The molecule has 0 radical (unpaired) electrons. The average Bonchev–Trinajstić information content (AvgIpc) is 2.98. The van der Waals surface area contributed by atoms with Crippen LogP contribution in [-0.4, -0.2) is 11.8 Å². The van der Waals surface area contributed by atoms with Gasteiger partial charge in [-0.2, -0.15) is 52.7 Å². The first-order valence-corrected chi connectivity index (χ1v) is 14.5. The smallest absolute Gasteiger partial charge is 0.380 e. The van der Waals surface area contributed by atoms with Crippen LogP contribution in [0.4, 0.5) is 52.7 Å². The van der Waals surface area contributed by atoms with E-state index in [1.165, 1.54) is 0 Å². The minimum absolute atomic E-state index is 0.364. The van der Waals surface area contributed by atoms with Gasteiger partial charge < -0.3 is 4.74 Å². The summed E-state index contributed by atoms with van der Waals surface area (Å²) >= 11 is 3.42. The summed E-state index contributed by atoms with van der Waals surface area (Å²) in [7, 11) is 0. The van der Waals surface area contributed by atoms with E-state index in [0.717, 1.165) is 24.3 Å². The molecule has 0 saturated carbocycles. The van der Waals surface area contributed by atoms with Gasteiger partial charge in [0.05, 0.1) is 0 Å². The van der Waals surface area contributed by atoms with Gasteiger partial charge >= 0.3 is 35.5 Å². The number of ether oxygens (including phenoxy) is 1. The van der Waals surface area contributed by atoms with Crippen LogP contribution in [-0.2, 0) is 23.7 Å². The van der Waals surface area contributed by atoms with Crippen LogP contribution in [0.25, 0.3) is 0 Å². The molecule has 45 heavy (non-hydrogen) atoms. The lowest BCUT2D eigenvalue weighted by Gasteiger charge is -2.33. The van der Waals surface area contributed by atoms with Crippen LogP contribution in [0, 0.1) is 7.14 Å². The van der Waals surface area contributed by atoms with E-state index in [4.69, 9.17) is 4.74 Å². The van der Waals surface area contributed by atoms with Crippen molar-refractivity contribution in [1.82, 2.24) is 0 Å². The zero-order valence-electron chi connectivity index (χ0n) is 21.9. The Morgan fingerprint density at radius 1 is 0.333 bits per heavy atom. The van der Waals surface area contributed by atoms with E-state index in [-0.39, 0.29) is 11.5 Å². The predicted octanol–water partition coefficient (Wildman–Crippen LogP) is 11.7. The fourth-order valence-electron chi connectivity index (χ4n) is 4.04. The molecule has 0 aliphatic heterocycles. The van der Waals surface area contributed by atoms with Gasteiger partial charge in [-0.15, -0.1) is 0 Å². The van der Waals surface area contributed by atoms with E-state index >= 15 is 0 Å². The Labute approximate surface area is 274 Å². The first kappa shape index (κ1) is 35.2. The molecule has 0 N–H and O–H groups in total. The third-order valence-corrected chi connectivity index (χ3v) is 8.10. The topological polar surface area (TPSA) is 9.23 Å². The molecule has 0 atom stereocenters. The van der Waals surface area contributed by atoms with Crippen LogP contribution in [0.1, 0.15) is 22.3 Å². The third-order valence-electron chi connectivity index (χ3n) is 6.66. The standard InChI is InChI=1S/C30H16F12I2O/c31-25(32,17-1-9-21(43)10-2-17)29(39,40)27(35,36)19-5-13-23(14-6-19)45-24-15-7-20(8-16-24)28(37,38)30(41,42)26(33,34)18-3-11-22(44)12-4-18/h1-16H. The summed E-state index contributed by atoms with van der Waals surface area (Å²) in [5.74, 6) is -33.8. The fourth-order valence-corrected chi connectivity index (χ4v) is 4.76. The van der Waals surface area contributed by atoms with E-state index in [1.54, 1.807) is 45.2 Å². The zero-order chi connectivity index (χ0) is 33.6. The maximum Gasteiger partial charge on any atom is 0.380 e. The summed E-state index contributed by atoms with van der Waals surface area (Å²) in [6.45, 7) is 0. The average molecular weight is 874 g/mol. The van der Waals surface area contributed by atoms with Gasteiger partial charge in [0.1, 0.15) is 11.5 Å². The number of halogens is 14. The molecular weight excluding hydrogens is 858 g/mol. The monoisotopic (exact) mass is 874 g/mol. The SMILES string of the molecule is FC(F)(c1ccc(I)cc1)C(F)(F)C(F)(F)c1ccc(Oc2ccc(C(F)(F)C(F)(F)C(F)(F)c3ccc(I)cc3)cc2)cc1. The number of alkyl halides is 12. The molecular formula is C30H16F12I2O. The highest BCUT2D eigenvalue weighted by atomic mass is 127. The molecule has 0 amide bonds. The lowest BCUT2D eigenvalue weighted by Crippen LogP contribution is -2.50. The molecule has 240 valence electrons. The van der Waals surface area contributed by atoms with E-state index in [0.29, 0.717) is 79.9 Å². The molecule has 0 saturated heterocycles. The van der Waals surface area contributed by atoms with E-state index in [1.807, 2.05) is 0 Å². The summed E-state index contributed by atoms with van der Waals surface area (Å²) in [6.07, 6.45) is 0. The molecule has 0 aliphatic carbocycles. The normalized spacial score (nSPS) is 13.6. The second-order valence-electron chi connectivity index (χ2n) is 9.61. The Morgan fingerprint density at radius 2 is 0.533 bits per heavy atom. The Morgan fingerprint density at radius 3 is 0.756 bits per heavy atom. The van der Waals surface area contributed by atoms with Crippen molar-refractivity contribution in [1.29, 1.82) is 0 Å². The lowest BCUT2D eigenvalue weighted by atomic mass is 9.92. The molecule has 0 heterocycles. The largest absolute Gasteiger partial charge is 0.457 e. The molecule has 4 aromatic rings. The van der Waals surface area contributed by atoms with Crippen molar-refractivity contribution in [2.24, 2.45) is 0 Å². The number of rotatable bonds is 10. The number of benzene rings is 4. The first-order chi connectivity index (χ1) is 20.7. The van der Waals surface area contributed by atoms with Gasteiger partial charge in [0, 0.05) is 29.4 Å². The van der Waals surface area contributed by atoms with Crippen molar-refractivity contribution in [3.63, 3.8) is 0 Å². The van der Waals surface area contributed by atoms with E-state index in [2.05, 4.69) is 0 Å². The minimum atomic E-state index is -5.88. The molecule has 0 bridgehead atoms. The van der Waals surface area contributed by atoms with Crippen LogP contribution in [0.15, 0.2) is 97.1 Å². The zero-order valence-corrected chi connectivity index (χ0v) is 26.3. The van der Waals surface area contributed by atoms with Crippen LogP contribution >= 0.6 is 45.2 Å². The van der Waals surface area contributed by atoms with Gasteiger partial charge in [0.2, 0.25) is 0 Å². The van der Waals surface area contributed by atoms with E-state index < -0.39 is 57.8 Å². The summed E-state index contributed by atoms with van der Waals surface area (Å²) in [5.41, 5.74) is -5.68. The molecule has 0 fully saturated rings. The van der Waals surface area contributed by atoms with Crippen molar-refractivity contribution in [3.05, 3.63) is 126 Å². The molecule has 15 heteroatoms. The van der Waals surface area contributed by atoms with Crippen LogP contribution in [0.3, 0.4) is 0 Å². The van der Waals surface area contributed by atoms with Crippen molar-refractivity contribution >= 4 is 45.2 Å². The summed E-state index contributed by atoms with van der Waals surface area (Å²) in [6, 6.07) is 10.9. The maximum absolute atomic E-state index is 14.8. The lowest BCUT2D eigenvalue weighted by molar-refractivity contribution is -0.321. The van der Waals surface area contributed by atoms with Crippen molar-refractivity contribution in [2.45, 2.75) is 35.5 Å². The quantitative estimate of drug-likeness (QED) is 0.114. The second kappa shape index (κ2) is 12.2. The molecule has 0 aliphatic rings.